The first-order valence-electron chi connectivity index (χ1n) is 12.7. The Bertz CT molecular complexity index is 737. The molecule has 0 aliphatic heterocycles. The van der Waals surface area contributed by atoms with Gasteiger partial charge in [0.1, 0.15) is 0 Å². The van der Waals surface area contributed by atoms with Gasteiger partial charge in [0.2, 0.25) is 0 Å². The van der Waals surface area contributed by atoms with Crippen molar-refractivity contribution in [3.8, 4) is 11.1 Å². The van der Waals surface area contributed by atoms with Gasteiger partial charge in [-0.05, 0) is 54.0 Å². The lowest BCUT2D eigenvalue weighted by atomic mass is 10.0. The van der Waals surface area contributed by atoms with Gasteiger partial charge in [0.15, 0.2) is 0 Å². The first-order valence-corrected chi connectivity index (χ1v) is 13.7. The summed E-state index contributed by atoms with van der Waals surface area (Å²) in [6.45, 7) is 5.00. The molecule has 0 aliphatic rings. The Hall–Kier alpha value is -1.74. The van der Waals surface area contributed by atoms with Crippen LogP contribution in [-0.4, -0.2) is 18.3 Å². The van der Waals surface area contributed by atoms with Crippen LogP contribution in [0.15, 0.2) is 53.4 Å². The minimum Gasteiger partial charge on any atom is -0.462 e. The number of benzene rings is 2. The molecule has 0 atom stereocenters. The summed E-state index contributed by atoms with van der Waals surface area (Å²) in [5.74, 6) is 0.979. The molecule has 3 heteroatoms. The molecule has 0 N–H and O–H groups in total. The van der Waals surface area contributed by atoms with E-state index >= 15 is 0 Å². The molecule has 2 aromatic rings. The Balaban J connectivity index is 1.70. The molecule has 0 aliphatic carbocycles. The fourth-order valence-corrected chi connectivity index (χ4v) is 4.66. The standard InChI is InChI=1S/C29H42O2S/c1-3-5-7-9-11-13-23-31-29(30)27-17-15-25(16-18-27)26-19-21-28(22-20-26)32-24-14-12-10-8-6-4-2/h15-22H,3-14,23-24H2,1-2H3. The highest BCUT2D eigenvalue weighted by atomic mass is 32.2. The van der Waals surface area contributed by atoms with Crippen LogP contribution in [0.2, 0.25) is 0 Å². The molecule has 32 heavy (non-hydrogen) atoms. The van der Waals surface area contributed by atoms with E-state index in [0.717, 1.165) is 18.4 Å². The lowest BCUT2D eigenvalue weighted by Crippen LogP contribution is -2.06. The van der Waals surface area contributed by atoms with E-state index in [0.29, 0.717) is 12.2 Å². The molecule has 2 rings (SSSR count). The summed E-state index contributed by atoms with van der Waals surface area (Å²) < 4.78 is 5.43. The number of hydrogen-bond donors (Lipinski definition) is 0. The quantitative estimate of drug-likeness (QED) is 0.135. The SMILES string of the molecule is CCCCCCCCOC(=O)c1ccc(-c2ccc(SCCCCCCCC)cc2)cc1. The lowest BCUT2D eigenvalue weighted by molar-refractivity contribution is 0.0497. The van der Waals surface area contributed by atoms with Gasteiger partial charge in [-0.15, -0.1) is 11.8 Å². The molecule has 2 nitrogen and oxygen atoms in total. The van der Waals surface area contributed by atoms with Crippen LogP contribution in [0.5, 0.6) is 0 Å². The van der Waals surface area contributed by atoms with Gasteiger partial charge >= 0.3 is 5.97 Å². The van der Waals surface area contributed by atoms with Gasteiger partial charge in [0.25, 0.3) is 0 Å². The number of carbonyl (C=O) groups is 1. The molecule has 0 saturated heterocycles. The molecule has 2 aromatic carbocycles. The second kappa shape index (κ2) is 16.8. The van der Waals surface area contributed by atoms with Gasteiger partial charge in [-0.25, -0.2) is 4.79 Å². The van der Waals surface area contributed by atoms with Crippen LogP contribution in [0.3, 0.4) is 0 Å². The fourth-order valence-electron chi connectivity index (χ4n) is 3.75. The summed E-state index contributed by atoms with van der Waals surface area (Å²) in [6, 6.07) is 16.5. The van der Waals surface area contributed by atoms with Gasteiger partial charge in [-0.2, -0.15) is 0 Å². The highest BCUT2D eigenvalue weighted by Gasteiger charge is 2.07. The first kappa shape index (κ1) is 26.5. The molecule has 0 bridgehead atoms. The Kier molecular flexibility index (Phi) is 13.9. The maximum Gasteiger partial charge on any atom is 0.338 e. The molecular weight excluding hydrogens is 412 g/mol. The monoisotopic (exact) mass is 454 g/mol. The highest BCUT2D eigenvalue weighted by molar-refractivity contribution is 7.99. The fraction of sp³-hybridized carbons (Fsp3) is 0.552. The number of thioether (sulfide) groups is 1. The predicted octanol–water partition coefficient (Wildman–Crippen LogP) is 9.32. The lowest BCUT2D eigenvalue weighted by Gasteiger charge is -2.07. The van der Waals surface area contributed by atoms with Gasteiger partial charge in [0.05, 0.1) is 12.2 Å². The average Bonchev–Trinajstić information content (AvgIpc) is 2.83. The van der Waals surface area contributed by atoms with Crippen molar-refractivity contribution in [3.63, 3.8) is 0 Å². The molecule has 0 fully saturated rings. The maximum absolute atomic E-state index is 12.2. The van der Waals surface area contributed by atoms with E-state index < -0.39 is 0 Å². The zero-order valence-corrected chi connectivity index (χ0v) is 21.1. The summed E-state index contributed by atoms with van der Waals surface area (Å²) >= 11 is 1.95. The van der Waals surface area contributed by atoms with Crippen molar-refractivity contribution in [2.75, 3.05) is 12.4 Å². The Morgan fingerprint density at radius 3 is 1.75 bits per heavy atom. The normalized spacial score (nSPS) is 10.9. The summed E-state index contributed by atoms with van der Waals surface area (Å²) in [6.07, 6.45) is 15.2. The molecule has 0 aromatic heterocycles. The molecule has 176 valence electrons. The van der Waals surface area contributed by atoms with Crippen molar-refractivity contribution in [1.82, 2.24) is 0 Å². The van der Waals surface area contributed by atoms with E-state index in [4.69, 9.17) is 4.74 Å². The zero-order chi connectivity index (χ0) is 22.9. The van der Waals surface area contributed by atoms with E-state index in [2.05, 4.69) is 38.1 Å². The molecule has 0 heterocycles. The van der Waals surface area contributed by atoms with Gasteiger partial charge in [0, 0.05) is 4.90 Å². The molecule has 0 radical (unpaired) electrons. The minimum absolute atomic E-state index is 0.216. The predicted molar refractivity (Wildman–Crippen MR) is 140 cm³/mol. The van der Waals surface area contributed by atoms with Crippen molar-refractivity contribution < 1.29 is 9.53 Å². The number of ether oxygens (including phenoxy) is 1. The van der Waals surface area contributed by atoms with Gasteiger partial charge < -0.3 is 4.74 Å². The number of hydrogen-bond acceptors (Lipinski definition) is 3. The van der Waals surface area contributed by atoms with Crippen LogP contribution in [0.4, 0.5) is 0 Å². The topological polar surface area (TPSA) is 26.3 Å². The third kappa shape index (κ3) is 10.7. The minimum atomic E-state index is -0.216. The van der Waals surface area contributed by atoms with Crippen LogP contribution < -0.4 is 0 Å². The Morgan fingerprint density at radius 1 is 0.656 bits per heavy atom. The van der Waals surface area contributed by atoms with Crippen LogP contribution >= 0.6 is 11.8 Å². The summed E-state index contributed by atoms with van der Waals surface area (Å²) in [5, 5.41) is 0. The first-order chi connectivity index (χ1) is 15.7. The Morgan fingerprint density at radius 2 is 1.16 bits per heavy atom. The third-order valence-electron chi connectivity index (χ3n) is 5.81. The van der Waals surface area contributed by atoms with Crippen LogP contribution in [0, 0.1) is 0 Å². The van der Waals surface area contributed by atoms with E-state index in [1.165, 1.54) is 80.4 Å². The smallest absolute Gasteiger partial charge is 0.338 e. The van der Waals surface area contributed by atoms with Crippen molar-refractivity contribution >= 4 is 17.7 Å². The van der Waals surface area contributed by atoms with E-state index in [-0.39, 0.29) is 5.97 Å². The van der Waals surface area contributed by atoms with Crippen molar-refractivity contribution in [2.24, 2.45) is 0 Å². The average molecular weight is 455 g/mol. The van der Waals surface area contributed by atoms with Crippen LogP contribution in [0.25, 0.3) is 11.1 Å². The summed E-state index contributed by atoms with van der Waals surface area (Å²) in [7, 11) is 0. The molecule has 0 amide bonds. The molecule has 0 unspecified atom stereocenters. The molecular formula is C29H42O2S. The van der Waals surface area contributed by atoms with E-state index in [1.807, 2.05) is 36.0 Å². The van der Waals surface area contributed by atoms with Crippen molar-refractivity contribution in [2.45, 2.75) is 95.8 Å². The second-order valence-electron chi connectivity index (χ2n) is 8.62. The largest absolute Gasteiger partial charge is 0.462 e. The zero-order valence-electron chi connectivity index (χ0n) is 20.2. The van der Waals surface area contributed by atoms with Gasteiger partial charge in [-0.1, -0.05) is 102 Å². The summed E-state index contributed by atoms with van der Waals surface area (Å²) in [5.41, 5.74) is 2.94. The number of rotatable bonds is 17. The van der Waals surface area contributed by atoms with E-state index in [9.17, 15) is 4.79 Å². The maximum atomic E-state index is 12.2. The van der Waals surface area contributed by atoms with Crippen LogP contribution in [0.1, 0.15) is 101 Å². The molecule has 0 saturated carbocycles. The highest BCUT2D eigenvalue weighted by Crippen LogP contribution is 2.25. The number of esters is 1. The summed E-state index contributed by atoms with van der Waals surface area (Å²) in [4.78, 5) is 13.6. The van der Waals surface area contributed by atoms with Crippen molar-refractivity contribution in [1.29, 1.82) is 0 Å². The van der Waals surface area contributed by atoms with Gasteiger partial charge in [-0.3, -0.25) is 0 Å². The second-order valence-corrected chi connectivity index (χ2v) is 9.79. The molecule has 0 spiro atoms. The van der Waals surface area contributed by atoms with Crippen LogP contribution in [-0.2, 0) is 4.74 Å². The Labute approximate surface area is 200 Å². The van der Waals surface area contributed by atoms with Crippen molar-refractivity contribution in [3.05, 3.63) is 54.1 Å². The third-order valence-corrected chi connectivity index (χ3v) is 6.90. The number of carbonyl (C=O) groups excluding carboxylic acids is 1. The van der Waals surface area contributed by atoms with E-state index in [1.54, 1.807) is 0 Å². The number of unbranched alkanes of at least 4 members (excludes halogenated alkanes) is 10.